The summed E-state index contributed by atoms with van der Waals surface area (Å²) >= 11 is 0. The van der Waals surface area contributed by atoms with E-state index in [4.69, 9.17) is 4.74 Å². The Morgan fingerprint density at radius 2 is 1.69 bits per heavy atom. The first-order chi connectivity index (χ1) is 7.71. The van der Waals surface area contributed by atoms with Crippen LogP contribution in [0.4, 0.5) is 0 Å². The molecule has 0 saturated heterocycles. The van der Waals surface area contributed by atoms with Gasteiger partial charge in [0.2, 0.25) is 0 Å². The van der Waals surface area contributed by atoms with Crippen LogP contribution in [0.25, 0.3) is 0 Å². The van der Waals surface area contributed by atoms with Crippen molar-refractivity contribution < 1.29 is 9.53 Å². The van der Waals surface area contributed by atoms with Gasteiger partial charge in [-0.25, -0.2) is 4.79 Å². The summed E-state index contributed by atoms with van der Waals surface area (Å²) < 4.78 is 4.86. The summed E-state index contributed by atoms with van der Waals surface area (Å²) in [6.45, 7) is 6.42. The van der Waals surface area contributed by atoms with Crippen molar-refractivity contribution in [3.05, 3.63) is 11.1 Å². The molecule has 0 radical (unpaired) electrons. The van der Waals surface area contributed by atoms with Crippen LogP contribution in [0.2, 0.25) is 0 Å². The lowest BCUT2D eigenvalue weighted by Gasteiger charge is -2.11. The predicted molar refractivity (Wildman–Crippen MR) is 68.4 cm³/mol. The minimum Gasteiger partial charge on any atom is -0.466 e. The van der Waals surface area contributed by atoms with Crippen LogP contribution in [0.3, 0.4) is 0 Å². The van der Waals surface area contributed by atoms with Crippen molar-refractivity contribution in [2.75, 3.05) is 7.11 Å². The molecule has 0 aromatic carbocycles. The minimum atomic E-state index is -0.129. The van der Waals surface area contributed by atoms with Gasteiger partial charge in [-0.1, -0.05) is 45.6 Å². The molecule has 94 valence electrons. The van der Waals surface area contributed by atoms with Crippen molar-refractivity contribution >= 4 is 5.97 Å². The average molecular weight is 226 g/mol. The number of carbonyl (C=O) groups is 1. The van der Waals surface area contributed by atoms with Crippen molar-refractivity contribution in [2.24, 2.45) is 0 Å². The third-order valence-corrected chi connectivity index (χ3v) is 2.87. The molecular formula is C14H26O2. The summed E-state index contributed by atoms with van der Waals surface area (Å²) in [4.78, 5) is 11.7. The van der Waals surface area contributed by atoms with Crippen molar-refractivity contribution in [3.8, 4) is 0 Å². The van der Waals surface area contributed by atoms with Gasteiger partial charge in [-0.05, 0) is 25.7 Å². The zero-order valence-electron chi connectivity index (χ0n) is 11.3. The number of hydrogen-bond donors (Lipinski definition) is 0. The van der Waals surface area contributed by atoms with Gasteiger partial charge in [-0.3, -0.25) is 0 Å². The van der Waals surface area contributed by atoms with Gasteiger partial charge in [0, 0.05) is 5.57 Å². The molecule has 0 aliphatic carbocycles. The maximum absolute atomic E-state index is 11.7. The Bertz CT molecular complexity index is 229. The SMILES string of the molecule is CCCCCC(CC)=C(CCC)C(=O)OC. The third-order valence-electron chi connectivity index (χ3n) is 2.87. The highest BCUT2D eigenvalue weighted by molar-refractivity contribution is 5.89. The molecule has 0 spiro atoms. The zero-order chi connectivity index (χ0) is 12.4. The van der Waals surface area contributed by atoms with E-state index in [0.29, 0.717) is 0 Å². The number of methoxy groups -OCH3 is 1. The molecule has 0 unspecified atom stereocenters. The highest BCUT2D eigenvalue weighted by Crippen LogP contribution is 2.21. The van der Waals surface area contributed by atoms with Crippen LogP contribution in [0.1, 0.15) is 65.7 Å². The smallest absolute Gasteiger partial charge is 0.333 e. The molecular weight excluding hydrogens is 200 g/mol. The van der Waals surface area contributed by atoms with Crippen LogP contribution in [0, 0.1) is 0 Å². The monoisotopic (exact) mass is 226 g/mol. The highest BCUT2D eigenvalue weighted by atomic mass is 16.5. The summed E-state index contributed by atoms with van der Waals surface area (Å²) in [6.07, 6.45) is 7.51. The van der Waals surface area contributed by atoms with Gasteiger partial charge in [-0.2, -0.15) is 0 Å². The fraction of sp³-hybridized carbons (Fsp3) is 0.786. The fourth-order valence-electron chi connectivity index (χ4n) is 1.93. The van der Waals surface area contributed by atoms with E-state index in [1.54, 1.807) is 0 Å². The lowest BCUT2D eigenvalue weighted by molar-refractivity contribution is -0.136. The molecule has 0 heterocycles. The number of esters is 1. The fourth-order valence-corrected chi connectivity index (χ4v) is 1.93. The summed E-state index contributed by atoms with van der Waals surface area (Å²) in [7, 11) is 1.47. The van der Waals surface area contributed by atoms with E-state index in [9.17, 15) is 4.79 Å². The van der Waals surface area contributed by atoms with Gasteiger partial charge in [0.25, 0.3) is 0 Å². The van der Waals surface area contributed by atoms with Gasteiger partial charge in [0.05, 0.1) is 7.11 Å². The molecule has 0 aliphatic rings. The Morgan fingerprint density at radius 1 is 1.00 bits per heavy atom. The lowest BCUT2D eigenvalue weighted by Crippen LogP contribution is -2.08. The van der Waals surface area contributed by atoms with E-state index >= 15 is 0 Å². The largest absolute Gasteiger partial charge is 0.466 e. The number of unbranched alkanes of at least 4 members (excludes halogenated alkanes) is 2. The number of rotatable bonds is 8. The molecule has 0 bridgehead atoms. The van der Waals surface area contributed by atoms with Gasteiger partial charge in [0.15, 0.2) is 0 Å². The first-order valence-electron chi connectivity index (χ1n) is 6.50. The molecule has 0 atom stereocenters. The van der Waals surface area contributed by atoms with Crippen molar-refractivity contribution in [1.82, 2.24) is 0 Å². The molecule has 0 rings (SSSR count). The van der Waals surface area contributed by atoms with Crippen LogP contribution < -0.4 is 0 Å². The van der Waals surface area contributed by atoms with E-state index in [1.807, 2.05) is 0 Å². The molecule has 0 N–H and O–H groups in total. The number of hydrogen-bond acceptors (Lipinski definition) is 2. The second kappa shape index (κ2) is 9.44. The van der Waals surface area contributed by atoms with Gasteiger partial charge in [0.1, 0.15) is 0 Å². The van der Waals surface area contributed by atoms with Crippen LogP contribution in [-0.2, 0) is 9.53 Å². The van der Waals surface area contributed by atoms with Crippen molar-refractivity contribution in [3.63, 3.8) is 0 Å². The predicted octanol–water partition coefficient (Wildman–Crippen LogP) is 4.25. The Hall–Kier alpha value is -0.790. The normalized spacial score (nSPS) is 12.2. The molecule has 0 aromatic rings. The average Bonchev–Trinajstić information content (AvgIpc) is 2.31. The van der Waals surface area contributed by atoms with Crippen molar-refractivity contribution in [2.45, 2.75) is 65.7 Å². The Labute approximate surface area is 100 Å². The first kappa shape index (κ1) is 15.2. The molecule has 0 saturated carbocycles. The third kappa shape index (κ3) is 5.34. The van der Waals surface area contributed by atoms with E-state index in [1.165, 1.54) is 31.9 Å². The molecule has 2 nitrogen and oxygen atoms in total. The molecule has 0 fully saturated rings. The highest BCUT2D eigenvalue weighted by Gasteiger charge is 2.13. The van der Waals surface area contributed by atoms with Gasteiger partial charge >= 0.3 is 5.97 Å². The minimum absolute atomic E-state index is 0.129. The summed E-state index contributed by atoms with van der Waals surface area (Å²) in [5.74, 6) is -0.129. The Balaban J connectivity index is 4.63. The number of allylic oxidation sites excluding steroid dienone is 1. The topological polar surface area (TPSA) is 26.3 Å². The molecule has 0 aromatic heterocycles. The van der Waals surface area contributed by atoms with Crippen LogP contribution >= 0.6 is 0 Å². The van der Waals surface area contributed by atoms with Crippen molar-refractivity contribution in [1.29, 1.82) is 0 Å². The van der Waals surface area contributed by atoms with E-state index in [0.717, 1.165) is 31.3 Å². The van der Waals surface area contributed by atoms with Gasteiger partial charge in [-0.15, -0.1) is 0 Å². The summed E-state index contributed by atoms with van der Waals surface area (Å²) in [5.41, 5.74) is 2.21. The van der Waals surface area contributed by atoms with Crippen LogP contribution in [0.15, 0.2) is 11.1 Å². The maximum Gasteiger partial charge on any atom is 0.333 e. The first-order valence-corrected chi connectivity index (χ1v) is 6.50. The van der Waals surface area contributed by atoms with Gasteiger partial charge < -0.3 is 4.74 Å². The van der Waals surface area contributed by atoms with E-state index in [-0.39, 0.29) is 5.97 Å². The zero-order valence-corrected chi connectivity index (χ0v) is 11.3. The second-order valence-electron chi connectivity index (χ2n) is 4.13. The standard InChI is InChI=1S/C14H26O2/c1-5-8-9-11-12(7-3)13(10-6-2)14(15)16-4/h5-11H2,1-4H3. The molecule has 16 heavy (non-hydrogen) atoms. The van der Waals surface area contributed by atoms with E-state index in [2.05, 4.69) is 20.8 Å². The Kier molecular flexibility index (Phi) is 8.97. The quantitative estimate of drug-likeness (QED) is 0.351. The number of ether oxygens (including phenoxy) is 1. The summed E-state index contributed by atoms with van der Waals surface area (Å²) in [6, 6.07) is 0. The molecule has 0 amide bonds. The number of carbonyl (C=O) groups excluding carboxylic acids is 1. The maximum atomic E-state index is 11.7. The van der Waals surface area contributed by atoms with Crippen LogP contribution in [0.5, 0.6) is 0 Å². The van der Waals surface area contributed by atoms with E-state index < -0.39 is 0 Å². The molecule has 2 heteroatoms. The Morgan fingerprint density at radius 3 is 2.12 bits per heavy atom. The van der Waals surface area contributed by atoms with Crippen LogP contribution in [-0.4, -0.2) is 13.1 Å². The lowest BCUT2D eigenvalue weighted by atomic mass is 9.96. The molecule has 0 aliphatic heterocycles. The summed E-state index contributed by atoms with van der Waals surface area (Å²) in [5, 5.41) is 0. The second-order valence-corrected chi connectivity index (χ2v) is 4.13.